The van der Waals surface area contributed by atoms with Crippen LogP contribution in [0, 0.1) is 5.92 Å². The molecule has 0 aliphatic heterocycles. The van der Waals surface area contributed by atoms with E-state index in [1.807, 2.05) is 61.5 Å². The summed E-state index contributed by atoms with van der Waals surface area (Å²) in [6.07, 6.45) is 1.33. The molecule has 2 aromatic carbocycles. The summed E-state index contributed by atoms with van der Waals surface area (Å²) >= 11 is 0. The molecule has 0 saturated heterocycles. The van der Waals surface area contributed by atoms with Crippen molar-refractivity contribution in [2.75, 3.05) is 26.1 Å². The maximum Gasteiger partial charge on any atom is 0.309 e. The lowest BCUT2D eigenvalue weighted by molar-refractivity contribution is -0.145. The van der Waals surface area contributed by atoms with Crippen molar-refractivity contribution in [2.24, 2.45) is 5.92 Å². The van der Waals surface area contributed by atoms with Gasteiger partial charge < -0.3 is 9.64 Å². The molecule has 0 heterocycles. The quantitative estimate of drug-likeness (QED) is 0.641. The van der Waals surface area contributed by atoms with E-state index < -0.39 is 0 Å². The molecule has 0 fully saturated rings. The highest BCUT2D eigenvalue weighted by molar-refractivity contribution is 6.09. The fourth-order valence-corrected chi connectivity index (χ4v) is 3.17. The van der Waals surface area contributed by atoms with Crippen molar-refractivity contribution >= 4 is 17.4 Å². The number of ether oxygens (including phenoxy) is 1. The second-order valence-corrected chi connectivity index (χ2v) is 6.38. The summed E-state index contributed by atoms with van der Waals surface area (Å²) in [6.45, 7) is 0. The zero-order valence-corrected chi connectivity index (χ0v) is 14.2. The number of anilines is 1. The van der Waals surface area contributed by atoms with Crippen LogP contribution < -0.4 is 4.90 Å². The smallest absolute Gasteiger partial charge is 0.309 e. The maximum absolute atomic E-state index is 12.7. The number of carbonyl (C=O) groups is 2. The average Bonchev–Trinajstić information content (AvgIpc) is 3.03. The highest BCUT2D eigenvalue weighted by atomic mass is 16.5. The van der Waals surface area contributed by atoms with Gasteiger partial charge >= 0.3 is 5.97 Å². The number of hydrogen-bond acceptors (Lipinski definition) is 4. The van der Waals surface area contributed by atoms with Crippen LogP contribution in [0.4, 0.5) is 5.69 Å². The van der Waals surface area contributed by atoms with Crippen LogP contribution in [0.3, 0.4) is 0 Å². The third-order valence-corrected chi connectivity index (χ3v) is 4.58. The third-order valence-electron chi connectivity index (χ3n) is 4.58. The number of fused-ring (bicyclic) bond motifs is 1. The Bertz CT molecular complexity index is 778. The Hall–Kier alpha value is -2.62. The Balaban J connectivity index is 1.82. The molecule has 4 heteroatoms. The molecule has 0 spiro atoms. The topological polar surface area (TPSA) is 46.6 Å². The van der Waals surface area contributed by atoms with Crippen LogP contribution in [-0.2, 0) is 22.4 Å². The summed E-state index contributed by atoms with van der Waals surface area (Å²) in [4.78, 5) is 26.4. The molecular weight excluding hydrogens is 302 g/mol. The van der Waals surface area contributed by atoms with Gasteiger partial charge in [-0.25, -0.2) is 0 Å². The molecule has 4 nitrogen and oxygen atoms in total. The zero-order valence-electron chi connectivity index (χ0n) is 14.2. The lowest BCUT2D eigenvalue weighted by Crippen LogP contribution is -2.15. The molecule has 124 valence electrons. The van der Waals surface area contributed by atoms with Crippen molar-refractivity contribution in [3.8, 4) is 0 Å². The number of carbonyl (C=O) groups excluding carboxylic acids is 2. The predicted octanol–water partition coefficient (Wildman–Crippen LogP) is 2.87. The van der Waals surface area contributed by atoms with Crippen LogP contribution in [0.5, 0.6) is 0 Å². The van der Waals surface area contributed by atoms with Gasteiger partial charge in [-0.15, -0.1) is 0 Å². The number of esters is 1. The number of benzene rings is 2. The Morgan fingerprint density at radius 1 is 0.958 bits per heavy atom. The Morgan fingerprint density at radius 3 is 2.21 bits per heavy atom. The van der Waals surface area contributed by atoms with Gasteiger partial charge in [-0.05, 0) is 54.3 Å². The fraction of sp³-hybridized carbons (Fsp3) is 0.300. The molecule has 0 aromatic heterocycles. The Labute approximate surface area is 142 Å². The summed E-state index contributed by atoms with van der Waals surface area (Å²) in [5.41, 5.74) is 4.59. The number of nitrogens with zero attached hydrogens (tertiary/aromatic N) is 1. The van der Waals surface area contributed by atoms with Crippen molar-refractivity contribution in [1.82, 2.24) is 0 Å². The minimum Gasteiger partial charge on any atom is -0.469 e. The summed E-state index contributed by atoms with van der Waals surface area (Å²) in [6, 6.07) is 13.3. The first-order valence-corrected chi connectivity index (χ1v) is 8.01. The molecule has 1 aliphatic carbocycles. The van der Waals surface area contributed by atoms with E-state index in [9.17, 15) is 9.59 Å². The molecule has 0 bridgehead atoms. The van der Waals surface area contributed by atoms with Crippen LogP contribution in [-0.4, -0.2) is 33.0 Å². The van der Waals surface area contributed by atoms with Gasteiger partial charge in [0.1, 0.15) is 0 Å². The minimum atomic E-state index is -0.182. The van der Waals surface area contributed by atoms with Crippen LogP contribution in [0.25, 0.3) is 0 Å². The van der Waals surface area contributed by atoms with E-state index in [1.54, 1.807) is 0 Å². The van der Waals surface area contributed by atoms with E-state index >= 15 is 0 Å². The summed E-state index contributed by atoms with van der Waals surface area (Å²) < 4.78 is 4.83. The van der Waals surface area contributed by atoms with Gasteiger partial charge in [-0.3, -0.25) is 9.59 Å². The molecular formula is C20H21NO3. The van der Waals surface area contributed by atoms with Crippen LogP contribution in [0.2, 0.25) is 0 Å². The van der Waals surface area contributed by atoms with Crippen molar-refractivity contribution in [3.05, 3.63) is 64.7 Å². The second-order valence-electron chi connectivity index (χ2n) is 6.38. The molecule has 1 unspecified atom stereocenters. The van der Waals surface area contributed by atoms with E-state index in [0.29, 0.717) is 24.0 Å². The first-order valence-electron chi connectivity index (χ1n) is 8.01. The number of ketones is 1. The van der Waals surface area contributed by atoms with Gasteiger partial charge in [0.15, 0.2) is 5.78 Å². The number of hydrogen-bond donors (Lipinski definition) is 0. The molecule has 1 atom stereocenters. The molecule has 1 aliphatic rings. The highest BCUT2D eigenvalue weighted by Crippen LogP contribution is 2.29. The SMILES string of the molecule is COC(=O)C1Cc2ccc(C(=O)c3ccc(N(C)C)cc3)cc2C1. The van der Waals surface area contributed by atoms with Crippen LogP contribution >= 0.6 is 0 Å². The second kappa shape index (κ2) is 6.48. The van der Waals surface area contributed by atoms with Crippen molar-refractivity contribution < 1.29 is 14.3 Å². The van der Waals surface area contributed by atoms with E-state index in [1.165, 1.54) is 7.11 Å². The molecule has 0 radical (unpaired) electrons. The van der Waals surface area contributed by atoms with Gasteiger partial charge in [0, 0.05) is 30.9 Å². The summed E-state index contributed by atoms with van der Waals surface area (Å²) in [7, 11) is 5.35. The monoisotopic (exact) mass is 323 g/mol. The standard InChI is InChI=1S/C20H21NO3/c1-21(2)18-8-6-13(7-9-18)19(22)15-5-4-14-10-17(20(23)24-3)12-16(14)11-15/h4-9,11,17H,10,12H2,1-3H3. The zero-order chi connectivity index (χ0) is 17.3. The molecule has 3 rings (SSSR count). The highest BCUT2D eigenvalue weighted by Gasteiger charge is 2.28. The number of methoxy groups -OCH3 is 1. The van der Waals surface area contributed by atoms with Gasteiger partial charge in [0.05, 0.1) is 13.0 Å². The first-order chi connectivity index (χ1) is 11.5. The third kappa shape index (κ3) is 3.04. The number of rotatable bonds is 4. The molecule has 0 amide bonds. The van der Waals surface area contributed by atoms with Gasteiger partial charge in [0.25, 0.3) is 0 Å². The van der Waals surface area contributed by atoms with Gasteiger partial charge in [0.2, 0.25) is 0 Å². The van der Waals surface area contributed by atoms with Crippen molar-refractivity contribution in [1.29, 1.82) is 0 Å². The van der Waals surface area contributed by atoms with Crippen LogP contribution in [0.1, 0.15) is 27.0 Å². The van der Waals surface area contributed by atoms with Gasteiger partial charge in [-0.2, -0.15) is 0 Å². The average molecular weight is 323 g/mol. The minimum absolute atomic E-state index is 0.00428. The van der Waals surface area contributed by atoms with E-state index in [4.69, 9.17) is 4.74 Å². The first kappa shape index (κ1) is 16.2. The maximum atomic E-state index is 12.7. The van der Waals surface area contributed by atoms with E-state index in [2.05, 4.69) is 0 Å². The molecule has 0 saturated carbocycles. The fourth-order valence-electron chi connectivity index (χ4n) is 3.17. The van der Waals surface area contributed by atoms with E-state index in [0.717, 1.165) is 16.8 Å². The van der Waals surface area contributed by atoms with Crippen molar-refractivity contribution in [2.45, 2.75) is 12.8 Å². The van der Waals surface area contributed by atoms with Gasteiger partial charge in [-0.1, -0.05) is 12.1 Å². The Kier molecular flexibility index (Phi) is 4.38. The normalized spacial score (nSPS) is 15.7. The van der Waals surface area contributed by atoms with Crippen molar-refractivity contribution in [3.63, 3.8) is 0 Å². The van der Waals surface area contributed by atoms with E-state index in [-0.39, 0.29) is 17.7 Å². The lowest BCUT2D eigenvalue weighted by atomic mass is 9.99. The molecule has 24 heavy (non-hydrogen) atoms. The predicted molar refractivity (Wildman–Crippen MR) is 93.6 cm³/mol. The summed E-state index contributed by atoms with van der Waals surface area (Å²) in [5.74, 6) is -0.308. The summed E-state index contributed by atoms with van der Waals surface area (Å²) in [5, 5.41) is 0. The van der Waals surface area contributed by atoms with Crippen LogP contribution in [0.15, 0.2) is 42.5 Å². The molecule has 2 aromatic rings. The Morgan fingerprint density at radius 2 is 1.58 bits per heavy atom. The lowest BCUT2D eigenvalue weighted by Gasteiger charge is -2.12. The molecule has 0 N–H and O–H groups in total. The largest absolute Gasteiger partial charge is 0.469 e.